The lowest BCUT2D eigenvalue weighted by molar-refractivity contribution is 0.386. The van der Waals surface area contributed by atoms with E-state index in [9.17, 15) is 8.78 Å². The lowest BCUT2D eigenvalue weighted by Crippen LogP contribution is -1.99. The molecule has 0 saturated carbocycles. The van der Waals surface area contributed by atoms with Crippen LogP contribution in [0.5, 0.6) is 5.75 Å². The maximum absolute atomic E-state index is 13.7. The molecule has 1 atom stereocenters. The summed E-state index contributed by atoms with van der Waals surface area (Å²) in [5, 5.41) is -0.449. The number of rotatable bonds is 3. The van der Waals surface area contributed by atoms with Gasteiger partial charge in [-0.2, -0.15) is 0 Å². The fourth-order valence-corrected chi connectivity index (χ4v) is 2.21. The fraction of sp³-hybridized carbons (Fsp3) is 0.143. The summed E-state index contributed by atoms with van der Waals surface area (Å²) in [6, 6.07) is 8.33. The average molecular weight is 303 g/mol. The molecule has 19 heavy (non-hydrogen) atoms. The van der Waals surface area contributed by atoms with Gasteiger partial charge in [-0.15, -0.1) is 11.6 Å². The van der Waals surface area contributed by atoms with Crippen LogP contribution in [-0.4, -0.2) is 7.11 Å². The van der Waals surface area contributed by atoms with Gasteiger partial charge in [-0.25, -0.2) is 8.78 Å². The third kappa shape index (κ3) is 2.99. The molecule has 0 aliphatic rings. The van der Waals surface area contributed by atoms with E-state index in [4.69, 9.17) is 27.9 Å². The van der Waals surface area contributed by atoms with E-state index < -0.39 is 17.0 Å². The number of methoxy groups -OCH3 is 1. The van der Waals surface area contributed by atoms with Crippen LogP contribution in [0.1, 0.15) is 16.5 Å². The van der Waals surface area contributed by atoms with Crippen molar-refractivity contribution in [1.82, 2.24) is 0 Å². The predicted molar refractivity (Wildman–Crippen MR) is 72.1 cm³/mol. The minimum absolute atomic E-state index is 0.110. The Bertz CT molecular complexity index is 602. The molecule has 5 heteroatoms. The first-order chi connectivity index (χ1) is 9.02. The minimum Gasteiger partial charge on any atom is -0.494 e. The van der Waals surface area contributed by atoms with Crippen LogP contribution in [0.15, 0.2) is 36.4 Å². The highest BCUT2D eigenvalue weighted by molar-refractivity contribution is 6.30. The van der Waals surface area contributed by atoms with Gasteiger partial charge in [-0.05, 0) is 35.9 Å². The average Bonchev–Trinajstić information content (AvgIpc) is 2.40. The van der Waals surface area contributed by atoms with Gasteiger partial charge in [0.2, 0.25) is 0 Å². The van der Waals surface area contributed by atoms with Gasteiger partial charge in [-0.3, -0.25) is 0 Å². The van der Waals surface area contributed by atoms with E-state index in [1.807, 2.05) is 0 Å². The molecule has 0 fully saturated rings. The van der Waals surface area contributed by atoms with Crippen LogP contribution in [0.4, 0.5) is 8.78 Å². The van der Waals surface area contributed by atoms with Crippen LogP contribution in [0.2, 0.25) is 5.02 Å². The van der Waals surface area contributed by atoms with E-state index in [0.29, 0.717) is 10.6 Å². The second-order valence-corrected chi connectivity index (χ2v) is 4.80. The SMILES string of the molecule is COc1ccc(C(Cl)c2cc(Cl)ccc2F)cc1F. The summed E-state index contributed by atoms with van der Waals surface area (Å²) >= 11 is 12.0. The van der Waals surface area contributed by atoms with E-state index in [1.54, 1.807) is 6.07 Å². The molecule has 1 unspecified atom stereocenters. The van der Waals surface area contributed by atoms with Gasteiger partial charge in [0.05, 0.1) is 12.5 Å². The molecule has 0 aromatic heterocycles. The number of benzene rings is 2. The standard InChI is InChI=1S/C14H10Cl2F2O/c1-19-13-5-2-8(6-12(13)18)14(16)10-7-9(15)3-4-11(10)17/h2-7,14H,1H3. The Morgan fingerprint density at radius 1 is 1.05 bits per heavy atom. The van der Waals surface area contributed by atoms with Crippen LogP contribution < -0.4 is 4.74 Å². The second kappa shape index (κ2) is 5.76. The first-order valence-corrected chi connectivity index (χ1v) is 6.27. The Kier molecular flexibility index (Phi) is 4.27. The minimum atomic E-state index is -0.820. The highest BCUT2D eigenvalue weighted by atomic mass is 35.5. The summed E-state index contributed by atoms with van der Waals surface area (Å²) in [6.07, 6.45) is 0. The molecular formula is C14H10Cl2F2O. The van der Waals surface area contributed by atoms with Crippen molar-refractivity contribution in [2.24, 2.45) is 0 Å². The third-order valence-electron chi connectivity index (χ3n) is 2.70. The monoisotopic (exact) mass is 302 g/mol. The second-order valence-electron chi connectivity index (χ2n) is 3.92. The van der Waals surface area contributed by atoms with E-state index in [0.717, 1.165) is 0 Å². The van der Waals surface area contributed by atoms with Crippen molar-refractivity contribution >= 4 is 23.2 Å². The first-order valence-electron chi connectivity index (χ1n) is 5.45. The fourth-order valence-electron chi connectivity index (χ4n) is 1.73. The Morgan fingerprint density at radius 2 is 1.79 bits per heavy atom. The molecule has 2 aromatic rings. The molecule has 2 rings (SSSR count). The zero-order valence-corrected chi connectivity index (χ0v) is 11.5. The van der Waals surface area contributed by atoms with Crippen LogP contribution in [-0.2, 0) is 0 Å². The number of alkyl halides is 1. The summed E-state index contributed by atoms with van der Waals surface area (Å²) in [5.41, 5.74) is 0.639. The van der Waals surface area contributed by atoms with Crippen molar-refractivity contribution in [3.63, 3.8) is 0 Å². The lowest BCUT2D eigenvalue weighted by atomic mass is 10.0. The molecule has 2 aromatic carbocycles. The predicted octanol–water partition coefficient (Wildman–Crippen LogP) is 4.96. The lowest BCUT2D eigenvalue weighted by Gasteiger charge is -2.13. The van der Waals surface area contributed by atoms with Crippen molar-refractivity contribution < 1.29 is 13.5 Å². The molecule has 1 nitrogen and oxygen atoms in total. The molecule has 0 heterocycles. The first kappa shape index (κ1) is 14.1. The normalized spacial score (nSPS) is 12.3. The summed E-state index contributed by atoms with van der Waals surface area (Å²) in [5.74, 6) is -0.923. The zero-order valence-electron chi connectivity index (χ0n) is 9.96. The Labute approximate surface area is 119 Å². The van der Waals surface area contributed by atoms with Gasteiger partial charge < -0.3 is 4.74 Å². The number of hydrogen-bond acceptors (Lipinski definition) is 1. The highest BCUT2D eigenvalue weighted by Crippen LogP contribution is 2.33. The largest absolute Gasteiger partial charge is 0.494 e. The molecule has 0 radical (unpaired) electrons. The van der Waals surface area contributed by atoms with Gasteiger partial charge in [0, 0.05) is 10.6 Å². The summed E-state index contributed by atoms with van der Waals surface area (Å²) < 4.78 is 32.1. The van der Waals surface area contributed by atoms with Crippen LogP contribution in [0.3, 0.4) is 0 Å². The molecule has 0 bridgehead atoms. The zero-order chi connectivity index (χ0) is 14.0. The van der Waals surface area contributed by atoms with Gasteiger partial charge in [0.25, 0.3) is 0 Å². The van der Waals surface area contributed by atoms with Crippen LogP contribution in [0, 0.1) is 11.6 Å². The van der Waals surface area contributed by atoms with E-state index >= 15 is 0 Å². The van der Waals surface area contributed by atoms with Gasteiger partial charge >= 0.3 is 0 Å². The van der Waals surface area contributed by atoms with Crippen molar-refractivity contribution in [2.45, 2.75) is 5.38 Å². The molecular weight excluding hydrogens is 293 g/mol. The molecule has 0 spiro atoms. The Hall–Kier alpha value is -1.32. The third-order valence-corrected chi connectivity index (χ3v) is 3.42. The quantitative estimate of drug-likeness (QED) is 0.729. The van der Waals surface area contributed by atoms with Gasteiger partial charge in [0.1, 0.15) is 5.82 Å². The summed E-state index contributed by atoms with van der Waals surface area (Å²) in [4.78, 5) is 0. The molecule has 100 valence electrons. The van der Waals surface area contributed by atoms with Crippen LogP contribution >= 0.6 is 23.2 Å². The molecule has 0 aliphatic carbocycles. The molecule has 0 saturated heterocycles. The number of halogens is 4. The van der Waals surface area contributed by atoms with E-state index in [1.165, 1.54) is 37.4 Å². The summed E-state index contributed by atoms with van der Waals surface area (Å²) in [6.45, 7) is 0. The molecule has 0 N–H and O–H groups in total. The highest BCUT2D eigenvalue weighted by Gasteiger charge is 2.17. The van der Waals surface area contributed by atoms with Crippen molar-refractivity contribution in [1.29, 1.82) is 0 Å². The van der Waals surface area contributed by atoms with Crippen molar-refractivity contribution in [3.8, 4) is 5.75 Å². The number of hydrogen-bond donors (Lipinski definition) is 0. The van der Waals surface area contributed by atoms with Gasteiger partial charge in [0.15, 0.2) is 11.6 Å². The van der Waals surface area contributed by atoms with Crippen molar-refractivity contribution in [3.05, 3.63) is 64.2 Å². The van der Waals surface area contributed by atoms with Crippen molar-refractivity contribution in [2.75, 3.05) is 7.11 Å². The smallest absolute Gasteiger partial charge is 0.165 e. The maximum Gasteiger partial charge on any atom is 0.165 e. The summed E-state index contributed by atoms with van der Waals surface area (Å²) in [7, 11) is 1.37. The molecule has 0 aliphatic heterocycles. The molecule has 0 amide bonds. The number of ether oxygens (including phenoxy) is 1. The van der Waals surface area contributed by atoms with E-state index in [-0.39, 0.29) is 11.3 Å². The van der Waals surface area contributed by atoms with Gasteiger partial charge in [-0.1, -0.05) is 17.7 Å². The topological polar surface area (TPSA) is 9.23 Å². The van der Waals surface area contributed by atoms with Crippen LogP contribution in [0.25, 0.3) is 0 Å². The Morgan fingerprint density at radius 3 is 2.42 bits per heavy atom. The maximum atomic E-state index is 13.7. The Balaban J connectivity index is 2.41. The van der Waals surface area contributed by atoms with E-state index in [2.05, 4.69) is 0 Å².